The lowest BCUT2D eigenvalue weighted by atomic mass is 10.2. The van der Waals surface area contributed by atoms with Gasteiger partial charge in [0, 0.05) is 18.2 Å². The molecule has 0 spiro atoms. The molecule has 3 heterocycles. The Labute approximate surface area is 94.5 Å². The van der Waals surface area contributed by atoms with Gasteiger partial charge in [0.25, 0.3) is 5.69 Å². The molecule has 0 bridgehead atoms. The van der Waals surface area contributed by atoms with Gasteiger partial charge in [-0.1, -0.05) is 0 Å². The van der Waals surface area contributed by atoms with Crippen LogP contribution in [-0.4, -0.2) is 4.92 Å². The highest BCUT2D eigenvalue weighted by Gasteiger charge is 2.20. The number of hydrogen-bond acceptors (Lipinski definition) is 3. The predicted molar refractivity (Wildman–Crippen MR) is 61.6 cm³/mol. The lowest BCUT2D eigenvalue weighted by Crippen LogP contribution is -2.19. The van der Waals surface area contributed by atoms with E-state index in [1.807, 2.05) is 41.1 Å². The summed E-state index contributed by atoms with van der Waals surface area (Å²) in [7, 11) is 0. The molecule has 0 radical (unpaired) electrons. The van der Waals surface area contributed by atoms with E-state index in [0.29, 0.717) is 0 Å². The van der Waals surface area contributed by atoms with E-state index < -0.39 is 0 Å². The summed E-state index contributed by atoms with van der Waals surface area (Å²) in [5.74, 6) is 0. The minimum Gasteiger partial charge on any atom is -0.258 e. The molecule has 3 rings (SSSR count). The monoisotopic (exact) mass is 231 g/mol. The number of nitro groups is 1. The van der Waals surface area contributed by atoms with Crippen LogP contribution in [0.3, 0.4) is 0 Å². The summed E-state index contributed by atoms with van der Waals surface area (Å²) in [4.78, 5) is 10.6. The molecular weight excluding hydrogens is 224 g/mol. The third-order valence-corrected chi connectivity index (χ3v) is 3.46. The van der Waals surface area contributed by atoms with Crippen LogP contribution in [0.4, 0.5) is 5.69 Å². The molecule has 0 amide bonds. The number of aromatic nitrogens is 1. The Balaban J connectivity index is 2.56. The maximum absolute atomic E-state index is 10.9. The smallest absolute Gasteiger partial charge is 0.258 e. The molecule has 0 aliphatic heterocycles. The van der Waals surface area contributed by atoms with Gasteiger partial charge in [-0.15, -0.1) is 11.3 Å². The second-order valence-electron chi connectivity index (χ2n) is 3.43. The van der Waals surface area contributed by atoms with E-state index in [4.69, 9.17) is 0 Å². The summed E-state index contributed by atoms with van der Waals surface area (Å²) in [5.41, 5.74) is 1.05. The van der Waals surface area contributed by atoms with E-state index in [0.717, 1.165) is 15.6 Å². The second kappa shape index (κ2) is 3.24. The highest BCUT2D eigenvalue weighted by molar-refractivity contribution is 7.17. The average molecular weight is 231 g/mol. The highest BCUT2D eigenvalue weighted by atomic mass is 32.1. The Morgan fingerprint density at radius 3 is 2.94 bits per heavy atom. The zero-order valence-corrected chi connectivity index (χ0v) is 8.98. The molecule has 3 aromatic rings. The van der Waals surface area contributed by atoms with E-state index in [1.165, 1.54) is 11.3 Å². The first kappa shape index (κ1) is 9.23. The minimum atomic E-state index is -0.328. The molecule has 0 unspecified atom stereocenters. The first-order valence-electron chi connectivity index (χ1n) is 4.72. The Kier molecular flexibility index (Phi) is 1.87. The minimum absolute atomic E-state index is 0.185. The number of pyridine rings is 2. The summed E-state index contributed by atoms with van der Waals surface area (Å²) in [6.45, 7) is 0. The topological polar surface area (TPSA) is 47.2 Å². The van der Waals surface area contributed by atoms with Crippen molar-refractivity contribution in [1.29, 1.82) is 0 Å². The molecular formula is C11H7N2O2S+. The van der Waals surface area contributed by atoms with Crippen molar-refractivity contribution in [2.24, 2.45) is 0 Å². The molecule has 0 aliphatic rings. The molecule has 78 valence electrons. The van der Waals surface area contributed by atoms with Crippen molar-refractivity contribution >= 4 is 32.6 Å². The third kappa shape index (κ3) is 1.18. The van der Waals surface area contributed by atoms with E-state index in [1.54, 1.807) is 5.38 Å². The Bertz CT molecular complexity index is 705. The molecule has 0 aromatic carbocycles. The SMILES string of the molecule is O=[N+]([O-])c1csc2cc[n+]3ccccc3c12. The van der Waals surface area contributed by atoms with Gasteiger partial charge in [-0.3, -0.25) is 10.1 Å². The normalized spacial score (nSPS) is 11.0. The molecule has 0 atom stereocenters. The molecule has 0 saturated heterocycles. The molecule has 0 N–H and O–H groups in total. The van der Waals surface area contributed by atoms with Gasteiger partial charge in [0.15, 0.2) is 12.4 Å². The van der Waals surface area contributed by atoms with Gasteiger partial charge in [0.05, 0.1) is 15.0 Å². The maximum atomic E-state index is 10.9. The van der Waals surface area contributed by atoms with Gasteiger partial charge >= 0.3 is 0 Å². The van der Waals surface area contributed by atoms with Crippen LogP contribution in [0, 0.1) is 10.1 Å². The summed E-state index contributed by atoms with van der Waals surface area (Å²) >= 11 is 1.40. The fraction of sp³-hybridized carbons (Fsp3) is 0. The van der Waals surface area contributed by atoms with Crippen LogP contribution < -0.4 is 4.40 Å². The van der Waals surface area contributed by atoms with Crippen molar-refractivity contribution < 1.29 is 9.32 Å². The average Bonchev–Trinajstić information content (AvgIpc) is 2.73. The number of fused-ring (bicyclic) bond motifs is 3. The van der Waals surface area contributed by atoms with Crippen LogP contribution in [0.1, 0.15) is 0 Å². The molecule has 16 heavy (non-hydrogen) atoms. The van der Waals surface area contributed by atoms with Gasteiger partial charge in [-0.25, -0.2) is 0 Å². The summed E-state index contributed by atoms with van der Waals surface area (Å²) in [5, 5.41) is 13.2. The first-order valence-corrected chi connectivity index (χ1v) is 5.60. The number of thiophene rings is 1. The van der Waals surface area contributed by atoms with Gasteiger partial charge in [0.1, 0.15) is 5.39 Å². The summed E-state index contributed by atoms with van der Waals surface area (Å²) < 4.78 is 2.83. The Morgan fingerprint density at radius 2 is 2.12 bits per heavy atom. The van der Waals surface area contributed by atoms with Crippen LogP contribution in [0.25, 0.3) is 15.6 Å². The fourth-order valence-electron chi connectivity index (χ4n) is 1.82. The number of hydrogen-bond donors (Lipinski definition) is 0. The zero-order chi connectivity index (χ0) is 11.1. The summed E-state index contributed by atoms with van der Waals surface area (Å²) in [6.07, 6.45) is 3.80. The number of nitrogens with zero attached hydrogens (tertiary/aromatic N) is 2. The van der Waals surface area contributed by atoms with Crippen LogP contribution in [-0.2, 0) is 0 Å². The van der Waals surface area contributed by atoms with Crippen LogP contribution in [0.2, 0.25) is 0 Å². The molecule has 0 aliphatic carbocycles. The van der Waals surface area contributed by atoms with Crippen molar-refractivity contribution in [3.05, 3.63) is 52.2 Å². The highest BCUT2D eigenvalue weighted by Crippen LogP contribution is 2.33. The molecule has 4 nitrogen and oxygen atoms in total. The van der Waals surface area contributed by atoms with Gasteiger partial charge in [-0.2, -0.15) is 4.40 Å². The summed E-state index contributed by atoms with van der Waals surface area (Å²) in [6, 6.07) is 7.58. The van der Waals surface area contributed by atoms with Crippen LogP contribution in [0.5, 0.6) is 0 Å². The largest absolute Gasteiger partial charge is 0.294 e. The van der Waals surface area contributed by atoms with E-state index in [9.17, 15) is 10.1 Å². The van der Waals surface area contributed by atoms with Gasteiger partial charge in [0.2, 0.25) is 5.52 Å². The quantitative estimate of drug-likeness (QED) is 0.367. The van der Waals surface area contributed by atoms with Crippen LogP contribution in [0.15, 0.2) is 42.0 Å². The molecule has 0 saturated carbocycles. The lowest BCUT2D eigenvalue weighted by molar-refractivity contribution is -0.510. The fourth-order valence-corrected chi connectivity index (χ4v) is 2.73. The van der Waals surface area contributed by atoms with Crippen molar-refractivity contribution in [2.75, 3.05) is 0 Å². The zero-order valence-electron chi connectivity index (χ0n) is 8.16. The van der Waals surface area contributed by atoms with Gasteiger partial charge in [-0.05, 0) is 6.07 Å². The Morgan fingerprint density at radius 1 is 1.25 bits per heavy atom. The molecule has 0 fully saturated rings. The van der Waals surface area contributed by atoms with Crippen molar-refractivity contribution in [2.45, 2.75) is 0 Å². The maximum Gasteiger partial charge on any atom is 0.294 e. The Hall–Kier alpha value is -2.01. The molecule has 3 aromatic heterocycles. The van der Waals surface area contributed by atoms with E-state index in [-0.39, 0.29) is 10.6 Å². The predicted octanol–water partition coefficient (Wildman–Crippen LogP) is 2.55. The number of rotatable bonds is 1. The van der Waals surface area contributed by atoms with Crippen LogP contribution >= 0.6 is 11.3 Å². The van der Waals surface area contributed by atoms with Crippen molar-refractivity contribution in [3.8, 4) is 0 Å². The van der Waals surface area contributed by atoms with Crippen molar-refractivity contribution in [1.82, 2.24) is 0 Å². The standard InChI is InChI=1S/C11H7N2O2S/c14-13(15)9-7-16-10-4-6-12-5-2-1-3-8(12)11(9)10/h1-7H/q+1. The lowest BCUT2D eigenvalue weighted by Gasteiger charge is -1.92. The van der Waals surface area contributed by atoms with Crippen molar-refractivity contribution in [3.63, 3.8) is 0 Å². The van der Waals surface area contributed by atoms with Gasteiger partial charge < -0.3 is 0 Å². The van der Waals surface area contributed by atoms with E-state index in [2.05, 4.69) is 0 Å². The van der Waals surface area contributed by atoms with E-state index >= 15 is 0 Å². The first-order chi connectivity index (χ1) is 7.77. The molecule has 5 heteroatoms. The second-order valence-corrected chi connectivity index (χ2v) is 4.34. The third-order valence-electron chi connectivity index (χ3n) is 2.53.